The zero-order chi connectivity index (χ0) is 13.8. The predicted octanol–water partition coefficient (Wildman–Crippen LogP) is 2.50. The fourth-order valence-corrected chi connectivity index (χ4v) is 3.33. The first kappa shape index (κ1) is 15.9. The van der Waals surface area contributed by atoms with Crippen LogP contribution in [0.15, 0.2) is 0 Å². The highest BCUT2D eigenvalue weighted by Crippen LogP contribution is 2.28. The average Bonchev–Trinajstić information content (AvgIpc) is 2.28. The van der Waals surface area contributed by atoms with Gasteiger partial charge in [-0.25, -0.2) is 0 Å². The molecule has 18 heavy (non-hydrogen) atoms. The van der Waals surface area contributed by atoms with Crippen LogP contribution in [0.5, 0.6) is 0 Å². The van der Waals surface area contributed by atoms with E-state index < -0.39 is 0 Å². The second-order valence-electron chi connectivity index (χ2n) is 6.91. The van der Waals surface area contributed by atoms with Crippen molar-refractivity contribution in [3.8, 4) is 0 Å². The molecule has 3 heteroatoms. The molecule has 1 aliphatic rings. The third-order valence-electron chi connectivity index (χ3n) is 4.04. The van der Waals surface area contributed by atoms with Gasteiger partial charge in [0.05, 0.1) is 6.61 Å². The quantitative estimate of drug-likeness (QED) is 0.821. The summed E-state index contributed by atoms with van der Waals surface area (Å²) in [5.41, 5.74) is 6.56. The fourth-order valence-electron chi connectivity index (χ4n) is 3.33. The Labute approximate surface area is 113 Å². The Kier molecular flexibility index (Phi) is 6.09. The van der Waals surface area contributed by atoms with Crippen LogP contribution in [0.2, 0.25) is 0 Å². The Morgan fingerprint density at radius 3 is 2.50 bits per heavy atom. The molecule has 3 atom stereocenters. The molecule has 0 aromatic carbocycles. The molecule has 108 valence electrons. The van der Waals surface area contributed by atoms with Crippen LogP contribution in [0.3, 0.4) is 0 Å². The summed E-state index contributed by atoms with van der Waals surface area (Å²) in [6.45, 7) is 12.0. The summed E-state index contributed by atoms with van der Waals surface area (Å²) in [5.74, 6) is 0.678. The summed E-state index contributed by atoms with van der Waals surface area (Å²) >= 11 is 0. The number of rotatable bonds is 5. The standard InChI is InChI=1S/C15H32N2O/c1-6-13(16)14(15(2,3)4)17(5)10-12-8-7-9-18-11-12/h12-14H,6-11,16H2,1-5H3. The highest BCUT2D eigenvalue weighted by Gasteiger charge is 2.33. The van der Waals surface area contributed by atoms with Crippen LogP contribution in [-0.2, 0) is 4.74 Å². The van der Waals surface area contributed by atoms with Gasteiger partial charge in [-0.05, 0) is 37.6 Å². The van der Waals surface area contributed by atoms with Crippen molar-refractivity contribution in [3.05, 3.63) is 0 Å². The van der Waals surface area contributed by atoms with Crippen LogP contribution < -0.4 is 5.73 Å². The number of likely N-dealkylation sites (N-methyl/N-ethyl adjacent to an activating group) is 1. The first-order valence-corrected chi connectivity index (χ1v) is 7.39. The first-order chi connectivity index (χ1) is 8.36. The van der Waals surface area contributed by atoms with Gasteiger partial charge in [0.2, 0.25) is 0 Å². The van der Waals surface area contributed by atoms with E-state index in [2.05, 4.69) is 39.6 Å². The summed E-state index contributed by atoms with van der Waals surface area (Å²) in [6.07, 6.45) is 3.54. The number of hydrogen-bond donors (Lipinski definition) is 1. The maximum atomic E-state index is 6.34. The topological polar surface area (TPSA) is 38.5 Å². The second-order valence-corrected chi connectivity index (χ2v) is 6.91. The highest BCUT2D eigenvalue weighted by atomic mass is 16.5. The zero-order valence-corrected chi connectivity index (χ0v) is 12.9. The number of nitrogens with two attached hydrogens (primary N) is 1. The molecule has 0 aromatic heterocycles. The molecule has 3 nitrogen and oxygen atoms in total. The monoisotopic (exact) mass is 256 g/mol. The van der Waals surface area contributed by atoms with Gasteiger partial charge >= 0.3 is 0 Å². The van der Waals surface area contributed by atoms with Gasteiger partial charge < -0.3 is 15.4 Å². The number of hydrogen-bond acceptors (Lipinski definition) is 3. The van der Waals surface area contributed by atoms with Gasteiger partial charge in [0.1, 0.15) is 0 Å². The molecule has 1 aliphatic heterocycles. The van der Waals surface area contributed by atoms with Crippen molar-refractivity contribution in [2.24, 2.45) is 17.1 Å². The van der Waals surface area contributed by atoms with Crippen molar-refractivity contribution in [1.29, 1.82) is 0 Å². The molecule has 0 bridgehead atoms. The van der Waals surface area contributed by atoms with E-state index in [0.29, 0.717) is 12.0 Å². The van der Waals surface area contributed by atoms with Crippen LogP contribution in [-0.4, -0.2) is 43.8 Å². The van der Waals surface area contributed by atoms with Gasteiger partial charge in [-0.3, -0.25) is 0 Å². The lowest BCUT2D eigenvalue weighted by Crippen LogP contribution is -2.54. The molecule has 2 N–H and O–H groups in total. The number of ether oxygens (including phenoxy) is 1. The molecule has 0 spiro atoms. The van der Waals surface area contributed by atoms with E-state index in [9.17, 15) is 0 Å². The van der Waals surface area contributed by atoms with Crippen molar-refractivity contribution in [2.75, 3.05) is 26.8 Å². The lowest BCUT2D eigenvalue weighted by molar-refractivity contribution is 0.0189. The van der Waals surface area contributed by atoms with E-state index in [1.807, 2.05) is 0 Å². The van der Waals surface area contributed by atoms with Crippen LogP contribution in [0.1, 0.15) is 47.0 Å². The van der Waals surface area contributed by atoms with Crippen molar-refractivity contribution < 1.29 is 4.74 Å². The minimum Gasteiger partial charge on any atom is -0.381 e. The van der Waals surface area contributed by atoms with Crippen molar-refractivity contribution in [3.63, 3.8) is 0 Å². The molecule has 1 fully saturated rings. The van der Waals surface area contributed by atoms with Crippen molar-refractivity contribution in [1.82, 2.24) is 4.90 Å². The van der Waals surface area contributed by atoms with E-state index in [1.165, 1.54) is 12.8 Å². The molecule has 0 radical (unpaired) electrons. The van der Waals surface area contributed by atoms with Crippen LogP contribution >= 0.6 is 0 Å². The van der Waals surface area contributed by atoms with E-state index >= 15 is 0 Å². The van der Waals surface area contributed by atoms with Gasteiger partial charge in [0.25, 0.3) is 0 Å². The molecular weight excluding hydrogens is 224 g/mol. The van der Waals surface area contributed by atoms with Gasteiger partial charge in [-0.15, -0.1) is 0 Å². The van der Waals surface area contributed by atoms with Gasteiger partial charge in [-0.1, -0.05) is 27.7 Å². The van der Waals surface area contributed by atoms with Gasteiger partial charge in [-0.2, -0.15) is 0 Å². The normalized spacial score (nSPS) is 25.2. The van der Waals surface area contributed by atoms with Crippen molar-refractivity contribution >= 4 is 0 Å². The lowest BCUT2D eigenvalue weighted by atomic mass is 9.80. The Bertz CT molecular complexity index is 231. The Balaban J connectivity index is 2.60. The maximum absolute atomic E-state index is 6.34. The summed E-state index contributed by atoms with van der Waals surface area (Å²) in [5, 5.41) is 0. The fraction of sp³-hybridized carbons (Fsp3) is 1.00. The average molecular weight is 256 g/mol. The minimum atomic E-state index is 0.222. The molecule has 1 heterocycles. The molecule has 0 aliphatic carbocycles. The van der Waals surface area contributed by atoms with Crippen LogP contribution in [0.4, 0.5) is 0 Å². The summed E-state index contributed by atoms with van der Waals surface area (Å²) in [7, 11) is 2.22. The third-order valence-corrected chi connectivity index (χ3v) is 4.04. The van der Waals surface area contributed by atoms with E-state index in [1.54, 1.807) is 0 Å². The summed E-state index contributed by atoms with van der Waals surface area (Å²) in [6, 6.07) is 0.684. The van der Waals surface area contributed by atoms with Gasteiger partial charge in [0.15, 0.2) is 0 Å². The number of nitrogens with zero attached hydrogens (tertiary/aromatic N) is 1. The van der Waals surface area contributed by atoms with E-state index in [-0.39, 0.29) is 11.5 Å². The van der Waals surface area contributed by atoms with E-state index in [0.717, 1.165) is 26.2 Å². The maximum Gasteiger partial charge on any atom is 0.0506 e. The zero-order valence-electron chi connectivity index (χ0n) is 12.9. The van der Waals surface area contributed by atoms with E-state index in [4.69, 9.17) is 10.5 Å². The minimum absolute atomic E-state index is 0.222. The molecule has 0 aromatic rings. The Morgan fingerprint density at radius 1 is 1.39 bits per heavy atom. The molecule has 0 amide bonds. The second kappa shape index (κ2) is 6.88. The Hall–Kier alpha value is -0.120. The van der Waals surface area contributed by atoms with Crippen molar-refractivity contribution in [2.45, 2.75) is 59.0 Å². The third kappa shape index (κ3) is 4.52. The first-order valence-electron chi connectivity index (χ1n) is 7.39. The molecule has 1 saturated heterocycles. The van der Waals surface area contributed by atoms with Crippen LogP contribution in [0, 0.1) is 11.3 Å². The molecule has 1 rings (SSSR count). The van der Waals surface area contributed by atoms with Crippen LogP contribution in [0.25, 0.3) is 0 Å². The predicted molar refractivity (Wildman–Crippen MR) is 77.7 cm³/mol. The summed E-state index contributed by atoms with van der Waals surface area (Å²) in [4.78, 5) is 2.47. The van der Waals surface area contributed by atoms with Gasteiger partial charge in [0, 0.05) is 25.2 Å². The smallest absolute Gasteiger partial charge is 0.0506 e. The lowest BCUT2D eigenvalue weighted by Gasteiger charge is -2.43. The largest absolute Gasteiger partial charge is 0.381 e. The molecular formula is C15H32N2O. The SMILES string of the molecule is CCC(N)C(N(C)CC1CCCOC1)C(C)(C)C. The molecule has 0 saturated carbocycles. The summed E-state index contributed by atoms with van der Waals surface area (Å²) < 4.78 is 5.58. The highest BCUT2D eigenvalue weighted by molar-refractivity contribution is 4.90. The Morgan fingerprint density at radius 2 is 2.06 bits per heavy atom. The molecule has 3 unspecified atom stereocenters.